The van der Waals surface area contributed by atoms with Gasteiger partial charge >= 0.3 is 6.18 Å². The summed E-state index contributed by atoms with van der Waals surface area (Å²) >= 11 is 0. The first-order valence-electron chi connectivity index (χ1n) is 11.7. The largest absolute Gasteiger partial charge is 0.472 e. The van der Waals surface area contributed by atoms with Gasteiger partial charge in [-0.25, -0.2) is 0 Å². The SMILES string of the molecule is N#Cc1ccc(N2CCC3(CC2)CC(C(=O)NC2CC2)N(C(=O)c2ccoc2)C3)cc1C(F)(F)F. The summed E-state index contributed by atoms with van der Waals surface area (Å²) in [5, 5.41) is 12.1. The molecule has 7 nitrogen and oxygen atoms in total. The van der Waals surface area contributed by atoms with E-state index in [1.807, 2.05) is 4.90 Å². The molecule has 5 rings (SSSR count). The number of nitriles is 1. The smallest absolute Gasteiger partial charge is 0.417 e. The quantitative estimate of drug-likeness (QED) is 0.707. The van der Waals surface area contributed by atoms with Crippen LogP contribution in [0.15, 0.2) is 41.2 Å². The molecule has 3 heterocycles. The van der Waals surface area contributed by atoms with Gasteiger partial charge in [0.15, 0.2) is 0 Å². The van der Waals surface area contributed by atoms with Crippen LogP contribution in [0.2, 0.25) is 0 Å². The Kier molecular flexibility index (Phi) is 5.74. The van der Waals surface area contributed by atoms with E-state index < -0.39 is 23.3 Å². The lowest BCUT2D eigenvalue weighted by atomic mass is 9.76. The van der Waals surface area contributed by atoms with Gasteiger partial charge in [-0.2, -0.15) is 18.4 Å². The van der Waals surface area contributed by atoms with E-state index >= 15 is 0 Å². The first kappa shape index (κ1) is 23.3. The number of rotatable bonds is 4. The third-order valence-electron chi connectivity index (χ3n) is 7.38. The average Bonchev–Trinajstić information content (AvgIpc) is 3.33. The highest BCUT2D eigenvalue weighted by molar-refractivity contribution is 5.98. The van der Waals surface area contributed by atoms with Gasteiger partial charge in [0.25, 0.3) is 5.91 Å². The van der Waals surface area contributed by atoms with Crippen molar-refractivity contribution in [3.63, 3.8) is 0 Å². The van der Waals surface area contributed by atoms with Crippen LogP contribution in [0.1, 0.15) is 53.6 Å². The number of furan rings is 1. The highest BCUT2D eigenvalue weighted by atomic mass is 19.4. The van der Waals surface area contributed by atoms with Crippen molar-refractivity contribution in [3.05, 3.63) is 53.5 Å². The lowest BCUT2D eigenvalue weighted by Gasteiger charge is -2.40. The van der Waals surface area contributed by atoms with E-state index in [1.165, 1.54) is 18.6 Å². The molecule has 1 N–H and O–H groups in total. The summed E-state index contributed by atoms with van der Waals surface area (Å²) in [5.41, 5.74) is -0.823. The fraction of sp³-hybridized carbons (Fsp3) is 0.480. The number of nitrogens with one attached hydrogen (secondary N) is 1. The number of piperidine rings is 1. The maximum atomic E-state index is 13.4. The van der Waals surface area contributed by atoms with Gasteiger partial charge in [0.05, 0.1) is 29.0 Å². The number of carbonyl (C=O) groups excluding carboxylic acids is 2. The summed E-state index contributed by atoms with van der Waals surface area (Å²) in [7, 11) is 0. The van der Waals surface area contributed by atoms with Crippen LogP contribution in [0.25, 0.3) is 0 Å². The zero-order valence-electron chi connectivity index (χ0n) is 19.0. The Labute approximate surface area is 200 Å². The van der Waals surface area contributed by atoms with Crippen molar-refractivity contribution in [2.24, 2.45) is 5.41 Å². The van der Waals surface area contributed by atoms with Crippen LogP contribution in [0.4, 0.5) is 18.9 Å². The third kappa shape index (κ3) is 4.59. The molecule has 1 unspecified atom stereocenters. The van der Waals surface area contributed by atoms with E-state index in [0.29, 0.717) is 50.1 Å². The number of hydrogen-bond donors (Lipinski definition) is 1. The van der Waals surface area contributed by atoms with E-state index in [2.05, 4.69) is 5.32 Å². The highest BCUT2D eigenvalue weighted by Gasteiger charge is 2.50. The van der Waals surface area contributed by atoms with Crippen molar-refractivity contribution in [3.8, 4) is 6.07 Å². The minimum Gasteiger partial charge on any atom is -0.472 e. The predicted molar refractivity (Wildman–Crippen MR) is 119 cm³/mol. The number of carbonyl (C=O) groups is 2. The molecule has 1 atom stereocenters. The molecule has 3 fully saturated rings. The summed E-state index contributed by atoms with van der Waals surface area (Å²) < 4.78 is 45.3. The van der Waals surface area contributed by atoms with Crippen LogP contribution in [-0.2, 0) is 11.0 Å². The molecule has 0 radical (unpaired) electrons. The number of hydrogen-bond acceptors (Lipinski definition) is 5. The van der Waals surface area contributed by atoms with Gasteiger partial charge in [-0.1, -0.05) is 0 Å². The summed E-state index contributed by atoms with van der Waals surface area (Å²) in [6, 6.07) is 6.56. The second-order valence-corrected chi connectivity index (χ2v) is 9.77. The van der Waals surface area contributed by atoms with Gasteiger partial charge in [0.2, 0.25) is 5.91 Å². The zero-order chi connectivity index (χ0) is 24.8. The van der Waals surface area contributed by atoms with Crippen molar-refractivity contribution in [1.29, 1.82) is 5.26 Å². The summed E-state index contributed by atoms with van der Waals surface area (Å²) in [6.07, 6.45) is 1.85. The summed E-state index contributed by atoms with van der Waals surface area (Å²) in [5.74, 6) is -0.401. The maximum Gasteiger partial charge on any atom is 0.417 e. The van der Waals surface area contributed by atoms with Crippen LogP contribution in [0.3, 0.4) is 0 Å². The van der Waals surface area contributed by atoms with Crippen LogP contribution in [0, 0.1) is 16.7 Å². The Morgan fingerprint density at radius 3 is 2.51 bits per heavy atom. The van der Waals surface area contributed by atoms with E-state index in [4.69, 9.17) is 9.68 Å². The number of alkyl halides is 3. The van der Waals surface area contributed by atoms with Gasteiger partial charge in [-0.05, 0) is 61.8 Å². The molecule has 1 saturated carbocycles. The normalized spacial score (nSPS) is 21.7. The van der Waals surface area contributed by atoms with E-state index in [1.54, 1.807) is 23.1 Å². The molecule has 1 aliphatic carbocycles. The maximum absolute atomic E-state index is 13.4. The molecule has 1 spiro atoms. The molecule has 2 aliphatic heterocycles. The van der Waals surface area contributed by atoms with Crippen molar-refractivity contribution < 1.29 is 27.2 Å². The molecule has 0 bridgehead atoms. The number of halogens is 3. The minimum atomic E-state index is -4.61. The van der Waals surface area contributed by atoms with Gasteiger partial charge < -0.3 is 19.5 Å². The number of nitrogens with zero attached hydrogens (tertiary/aromatic N) is 3. The van der Waals surface area contributed by atoms with Crippen molar-refractivity contribution in [2.75, 3.05) is 24.5 Å². The van der Waals surface area contributed by atoms with Gasteiger partial charge in [0.1, 0.15) is 12.3 Å². The number of amides is 2. The standard InChI is InChI=1S/C25H25F3N4O3/c26-25(27,28)20-11-19(4-1-16(20)13-29)31-8-6-24(7-9-31)12-21(22(33)30-18-2-3-18)32(15-24)23(34)17-5-10-35-14-17/h1,4-5,10-11,14,18,21H,2-3,6-9,12,15H2,(H,30,33). The molecule has 1 aromatic heterocycles. The molecule has 1 aromatic carbocycles. The van der Waals surface area contributed by atoms with Crippen LogP contribution < -0.4 is 10.2 Å². The molecule has 184 valence electrons. The van der Waals surface area contributed by atoms with E-state index in [9.17, 15) is 22.8 Å². The molecule has 3 aliphatic rings. The zero-order valence-corrected chi connectivity index (χ0v) is 19.0. The van der Waals surface area contributed by atoms with Crippen molar-refractivity contribution >= 4 is 17.5 Å². The number of anilines is 1. The molecular formula is C25H25F3N4O3. The Morgan fingerprint density at radius 1 is 1.17 bits per heavy atom. The van der Waals surface area contributed by atoms with Gasteiger partial charge in [-0.3, -0.25) is 9.59 Å². The van der Waals surface area contributed by atoms with Crippen LogP contribution in [-0.4, -0.2) is 48.4 Å². The third-order valence-corrected chi connectivity index (χ3v) is 7.38. The predicted octanol–water partition coefficient (Wildman–Crippen LogP) is 3.95. The second-order valence-electron chi connectivity index (χ2n) is 9.77. The minimum absolute atomic E-state index is 0.148. The van der Waals surface area contributed by atoms with Gasteiger partial charge in [0, 0.05) is 31.4 Å². The molecule has 2 saturated heterocycles. The molecule has 2 amide bonds. The van der Waals surface area contributed by atoms with E-state index in [-0.39, 0.29) is 23.3 Å². The lowest BCUT2D eigenvalue weighted by Crippen LogP contribution is -2.46. The highest BCUT2D eigenvalue weighted by Crippen LogP contribution is 2.45. The first-order chi connectivity index (χ1) is 16.7. The fourth-order valence-electron chi connectivity index (χ4n) is 5.24. The first-order valence-corrected chi connectivity index (χ1v) is 11.7. The van der Waals surface area contributed by atoms with Crippen LogP contribution in [0.5, 0.6) is 0 Å². The Hall–Kier alpha value is -3.48. The van der Waals surface area contributed by atoms with E-state index in [0.717, 1.165) is 18.9 Å². The molecule has 35 heavy (non-hydrogen) atoms. The Bertz CT molecular complexity index is 1160. The van der Waals surface area contributed by atoms with Crippen molar-refractivity contribution in [2.45, 2.75) is 50.4 Å². The van der Waals surface area contributed by atoms with Crippen molar-refractivity contribution in [1.82, 2.24) is 10.2 Å². The number of benzene rings is 1. The summed E-state index contributed by atoms with van der Waals surface area (Å²) in [6.45, 7) is 1.40. The Balaban J connectivity index is 1.33. The molecule has 10 heteroatoms. The monoisotopic (exact) mass is 486 g/mol. The van der Waals surface area contributed by atoms with Crippen LogP contribution >= 0.6 is 0 Å². The summed E-state index contributed by atoms with van der Waals surface area (Å²) in [4.78, 5) is 29.7. The molecule has 2 aromatic rings. The average molecular weight is 486 g/mol. The Morgan fingerprint density at radius 2 is 1.91 bits per heavy atom. The van der Waals surface area contributed by atoms with Gasteiger partial charge in [-0.15, -0.1) is 0 Å². The number of likely N-dealkylation sites (tertiary alicyclic amines) is 1. The molecular weight excluding hydrogens is 461 g/mol. The fourth-order valence-corrected chi connectivity index (χ4v) is 5.24. The lowest BCUT2D eigenvalue weighted by molar-refractivity contribution is -0.137. The second kappa shape index (κ2) is 8.63. The topological polar surface area (TPSA) is 89.6 Å².